The molecule has 0 radical (unpaired) electrons. The first-order valence-electron chi connectivity index (χ1n) is 10.0. The Morgan fingerprint density at radius 3 is 2.00 bits per heavy atom. The molecule has 1 aliphatic rings. The number of hydrogen-bond donors (Lipinski definition) is 0. The van der Waals surface area contributed by atoms with Gasteiger partial charge in [-0.15, -0.1) is 4.40 Å². The minimum absolute atomic E-state index is 0.0182. The molecule has 0 bridgehead atoms. The van der Waals surface area contributed by atoms with Crippen LogP contribution in [0.2, 0.25) is 0 Å². The minimum Gasteiger partial charge on any atom is -0.227 e. The molecule has 4 rings (SSSR count). The smallest absolute Gasteiger partial charge is 0.227 e. The lowest BCUT2D eigenvalue weighted by Gasteiger charge is -2.21. The molecule has 0 N–H and O–H groups in total. The Morgan fingerprint density at radius 1 is 0.818 bits per heavy atom. The quantitative estimate of drug-likeness (QED) is 0.548. The number of benzene rings is 3. The molecule has 0 aliphatic carbocycles. The topological polar surface area (TPSA) is 83.9 Å². The fraction of sp³-hybridized carbons (Fsp3) is 0.125. The molecule has 0 unspecified atom stereocenters. The number of rotatable bonds is 4. The fourth-order valence-corrected chi connectivity index (χ4v) is 5.76. The summed E-state index contributed by atoms with van der Waals surface area (Å²) in [5.41, 5.74) is 2.74. The van der Waals surface area contributed by atoms with Gasteiger partial charge < -0.3 is 0 Å². The summed E-state index contributed by atoms with van der Waals surface area (Å²) >= 11 is 0. The average molecular weight is 485 g/mol. The highest BCUT2D eigenvalue weighted by atomic mass is 32.2. The molecule has 170 valence electrons. The van der Waals surface area contributed by atoms with Gasteiger partial charge in [0, 0.05) is 12.6 Å². The lowest BCUT2D eigenvalue weighted by molar-refractivity contribution is 0.562. The van der Waals surface area contributed by atoms with Crippen molar-refractivity contribution in [2.75, 3.05) is 0 Å². The van der Waals surface area contributed by atoms with Crippen molar-refractivity contribution in [1.82, 2.24) is 4.31 Å². The van der Waals surface area contributed by atoms with Crippen molar-refractivity contribution in [3.63, 3.8) is 0 Å². The van der Waals surface area contributed by atoms with Gasteiger partial charge in [0.15, 0.2) is 0 Å². The summed E-state index contributed by atoms with van der Waals surface area (Å²) < 4.78 is 71.6. The maximum absolute atomic E-state index is 13.8. The fourth-order valence-electron chi connectivity index (χ4n) is 3.38. The number of hydrogen-bond acceptors (Lipinski definition) is 4. The van der Waals surface area contributed by atoms with Gasteiger partial charge in [-0.25, -0.2) is 17.1 Å². The van der Waals surface area contributed by atoms with Crippen molar-refractivity contribution in [2.24, 2.45) is 4.40 Å². The Hall–Kier alpha value is -3.30. The van der Waals surface area contributed by atoms with Gasteiger partial charge >= 0.3 is 0 Å². The standard InChI is InChI=1S/C24H21FN2O4S2/c1-17-3-9-22(10-4-17)32(28,29)26-24-16-19-7-8-21(25)15-20(19)13-14-27(24)33(30,31)23-11-5-18(2)6-12-23/h3-15H,16H2,1-2H3/b26-24+. The lowest BCUT2D eigenvalue weighted by Crippen LogP contribution is -2.34. The molecular weight excluding hydrogens is 463 g/mol. The van der Waals surface area contributed by atoms with Gasteiger partial charge in [0.05, 0.1) is 9.79 Å². The van der Waals surface area contributed by atoms with Crippen molar-refractivity contribution in [1.29, 1.82) is 0 Å². The van der Waals surface area contributed by atoms with Crippen LogP contribution in [0.3, 0.4) is 0 Å². The number of amidine groups is 1. The van der Waals surface area contributed by atoms with Gasteiger partial charge in [-0.1, -0.05) is 41.5 Å². The van der Waals surface area contributed by atoms with Crippen LogP contribution < -0.4 is 0 Å². The van der Waals surface area contributed by atoms with E-state index in [2.05, 4.69) is 4.40 Å². The Labute approximate surface area is 192 Å². The van der Waals surface area contributed by atoms with Gasteiger partial charge in [0.2, 0.25) is 0 Å². The maximum atomic E-state index is 13.8. The summed E-state index contributed by atoms with van der Waals surface area (Å²) in [4.78, 5) is -0.0730. The summed E-state index contributed by atoms with van der Waals surface area (Å²) in [5, 5.41) is 0. The predicted molar refractivity (Wildman–Crippen MR) is 125 cm³/mol. The third-order valence-corrected chi connectivity index (χ3v) is 8.26. The van der Waals surface area contributed by atoms with Crippen LogP contribution in [0.4, 0.5) is 4.39 Å². The highest BCUT2D eigenvalue weighted by Crippen LogP contribution is 2.26. The minimum atomic E-state index is -4.21. The molecule has 0 spiro atoms. The third-order valence-electron chi connectivity index (χ3n) is 5.22. The SMILES string of the molecule is Cc1ccc(S(=O)(=O)/N=C2\Cc3ccc(F)cc3C=CN2S(=O)(=O)c2ccc(C)cc2)cc1. The normalized spacial score (nSPS) is 15.4. The third kappa shape index (κ3) is 4.74. The van der Waals surface area contributed by atoms with E-state index in [0.29, 0.717) is 11.1 Å². The Balaban J connectivity index is 1.88. The highest BCUT2D eigenvalue weighted by Gasteiger charge is 2.30. The monoisotopic (exact) mass is 484 g/mol. The van der Waals surface area contributed by atoms with Crippen molar-refractivity contribution in [3.05, 3.63) is 101 Å². The van der Waals surface area contributed by atoms with Crippen LogP contribution in [-0.4, -0.2) is 27.0 Å². The molecule has 9 heteroatoms. The van der Waals surface area contributed by atoms with Crippen molar-refractivity contribution in [2.45, 2.75) is 30.1 Å². The van der Waals surface area contributed by atoms with Crippen LogP contribution in [0.25, 0.3) is 6.08 Å². The van der Waals surface area contributed by atoms with Crippen molar-refractivity contribution >= 4 is 32.0 Å². The first-order valence-corrected chi connectivity index (χ1v) is 12.9. The molecule has 3 aromatic rings. The number of aryl methyl sites for hydroxylation is 2. The van der Waals surface area contributed by atoms with Gasteiger partial charge in [0.1, 0.15) is 11.7 Å². The second kappa shape index (κ2) is 8.57. The number of sulfonamides is 2. The zero-order valence-electron chi connectivity index (χ0n) is 17.9. The van der Waals surface area contributed by atoms with E-state index in [1.165, 1.54) is 54.7 Å². The van der Waals surface area contributed by atoms with E-state index in [4.69, 9.17) is 0 Å². The number of halogens is 1. The van der Waals surface area contributed by atoms with Gasteiger partial charge in [-0.2, -0.15) is 8.42 Å². The summed E-state index contributed by atoms with van der Waals surface area (Å²) in [7, 11) is -8.39. The molecule has 0 fully saturated rings. The van der Waals surface area contributed by atoms with Crippen molar-refractivity contribution in [3.8, 4) is 0 Å². The molecule has 3 aromatic carbocycles. The molecule has 1 heterocycles. The first-order chi connectivity index (χ1) is 15.6. The molecule has 0 saturated carbocycles. The second-order valence-electron chi connectivity index (χ2n) is 7.75. The van der Waals surface area contributed by atoms with Crippen LogP contribution in [0.1, 0.15) is 22.3 Å². The largest absolute Gasteiger partial charge is 0.283 e. The van der Waals surface area contributed by atoms with E-state index in [1.54, 1.807) is 24.3 Å². The Morgan fingerprint density at radius 2 is 1.39 bits per heavy atom. The number of fused-ring (bicyclic) bond motifs is 1. The second-order valence-corrected chi connectivity index (χ2v) is 11.2. The molecular formula is C24H21FN2O4S2. The summed E-state index contributed by atoms with van der Waals surface area (Å²) in [6.07, 6.45) is 2.52. The van der Waals surface area contributed by atoms with E-state index in [-0.39, 0.29) is 22.0 Å². The van der Waals surface area contributed by atoms with Crippen LogP contribution in [0.5, 0.6) is 0 Å². The van der Waals surface area contributed by atoms with E-state index in [9.17, 15) is 21.2 Å². The Kier molecular flexibility index (Phi) is 5.94. The van der Waals surface area contributed by atoms with Crippen molar-refractivity contribution < 1.29 is 21.2 Å². The van der Waals surface area contributed by atoms with E-state index >= 15 is 0 Å². The van der Waals surface area contributed by atoms with Crippen LogP contribution in [0.15, 0.2) is 87.1 Å². The maximum Gasteiger partial charge on any atom is 0.283 e. The van der Waals surface area contributed by atoms with Gasteiger partial charge in [-0.3, -0.25) is 0 Å². The molecule has 6 nitrogen and oxygen atoms in total. The summed E-state index contributed by atoms with van der Waals surface area (Å²) in [5.74, 6) is -0.697. The van der Waals surface area contributed by atoms with Gasteiger partial charge in [-0.05, 0) is 67.4 Å². The zero-order valence-corrected chi connectivity index (χ0v) is 19.6. The van der Waals surface area contributed by atoms with Gasteiger partial charge in [0.25, 0.3) is 20.0 Å². The zero-order chi connectivity index (χ0) is 23.8. The van der Waals surface area contributed by atoms with Crippen LogP contribution in [-0.2, 0) is 26.5 Å². The Bertz CT molecular complexity index is 1480. The first kappa shape index (κ1) is 22.9. The molecule has 0 atom stereocenters. The molecule has 0 amide bonds. The molecule has 0 aromatic heterocycles. The van der Waals surface area contributed by atoms with E-state index in [0.717, 1.165) is 15.4 Å². The molecule has 1 aliphatic heterocycles. The summed E-state index contributed by atoms with van der Waals surface area (Å²) in [6.45, 7) is 3.65. The average Bonchev–Trinajstić information content (AvgIpc) is 2.93. The molecule has 0 saturated heterocycles. The van der Waals surface area contributed by atoms with E-state index in [1.807, 2.05) is 13.8 Å². The van der Waals surface area contributed by atoms with E-state index < -0.39 is 25.9 Å². The van der Waals surface area contributed by atoms with Crippen LogP contribution >= 0.6 is 0 Å². The molecule has 33 heavy (non-hydrogen) atoms. The lowest BCUT2D eigenvalue weighted by atomic mass is 10.0. The predicted octanol–water partition coefficient (Wildman–Crippen LogP) is 4.45. The highest BCUT2D eigenvalue weighted by molar-refractivity contribution is 7.91. The van der Waals surface area contributed by atoms with Crippen LogP contribution in [0, 0.1) is 19.7 Å². The summed E-state index contributed by atoms with van der Waals surface area (Å²) in [6, 6.07) is 16.3. The number of nitrogens with zero attached hydrogens (tertiary/aromatic N) is 2.